The van der Waals surface area contributed by atoms with Crippen molar-refractivity contribution in [2.24, 2.45) is 0 Å². The zero-order valence-corrected chi connectivity index (χ0v) is 16.7. The molecule has 11 heteroatoms. The number of hydrogen-bond donors (Lipinski definition) is 1. The smallest absolute Gasteiger partial charge is 0.435 e. The fourth-order valence-corrected chi connectivity index (χ4v) is 3.00. The molecule has 0 aliphatic carbocycles. The van der Waals surface area contributed by atoms with E-state index in [4.69, 9.17) is 9.47 Å². The van der Waals surface area contributed by atoms with Crippen LogP contribution < -0.4 is 14.8 Å². The van der Waals surface area contributed by atoms with Crippen LogP contribution in [-0.2, 0) is 6.18 Å². The summed E-state index contributed by atoms with van der Waals surface area (Å²) >= 11 is 0. The van der Waals surface area contributed by atoms with Gasteiger partial charge in [-0.25, -0.2) is 9.07 Å². The highest BCUT2D eigenvalue weighted by molar-refractivity contribution is 5.94. The van der Waals surface area contributed by atoms with E-state index in [0.29, 0.717) is 21.7 Å². The van der Waals surface area contributed by atoms with Crippen LogP contribution in [0.3, 0.4) is 0 Å². The Morgan fingerprint density at radius 2 is 1.87 bits per heavy atom. The van der Waals surface area contributed by atoms with Crippen molar-refractivity contribution in [3.05, 3.63) is 65.2 Å². The van der Waals surface area contributed by atoms with Gasteiger partial charge in [-0.2, -0.15) is 13.2 Å². The molecule has 0 fully saturated rings. The van der Waals surface area contributed by atoms with Crippen LogP contribution in [0.5, 0.6) is 11.5 Å². The van der Waals surface area contributed by atoms with Gasteiger partial charge < -0.3 is 14.8 Å². The molecule has 2 aromatic carbocycles. The Morgan fingerprint density at radius 1 is 1.13 bits per heavy atom. The summed E-state index contributed by atoms with van der Waals surface area (Å²) in [5.41, 5.74) is -2.09. The van der Waals surface area contributed by atoms with Crippen LogP contribution in [0.15, 0.2) is 42.5 Å². The minimum atomic E-state index is -4.97. The molecule has 0 spiro atoms. The molecule has 0 aliphatic rings. The highest BCUT2D eigenvalue weighted by Gasteiger charge is 2.42. The number of aromatic nitrogens is 3. The third-order valence-corrected chi connectivity index (χ3v) is 4.46. The van der Waals surface area contributed by atoms with Gasteiger partial charge in [0.05, 0.1) is 25.9 Å². The van der Waals surface area contributed by atoms with Crippen molar-refractivity contribution in [3.8, 4) is 17.2 Å². The fraction of sp³-hybridized carbons (Fsp3) is 0.250. The van der Waals surface area contributed by atoms with Gasteiger partial charge in [0.15, 0.2) is 11.4 Å². The minimum absolute atomic E-state index is 0.221. The van der Waals surface area contributed by atoms with Crippen molar-refractivity contribution in [2.75, 3.05) is 14.2 Å². The van der Waals surface area contributed by atoms with Crippen LogP contribution in [0.2, 0.25) is 0 Å². The molecule has 1 N–H and O–H groups in total. The molecule has 0 radical (unpaired) electrons. The first-order chi connectivity index (χ1) is 14.7. The van der Waals surface area contributed by atoms with Gasteiger partial charge in [-0.1, -0.05) is 11.3 Å². The highest BCUT2D eigenvalue weighted by atomic mass is 19.4. The maximum atomic E-state index is 13.8. The van der Waals surface area contributed by atoms with Crippen LogP contribution >= 0.6 is 0 Å². The molecule has 0 saturated heterocycles. The van der Waals surface area contributed by atoms with Crippen molar-refractivity contribution >= 4 is 5.91 Å². The predicted octanol–water partition coefficient (Wildman–Crippen LogP) is 3.93. The van der Waals surface area contributed by atoms with Crippen LogP contribution in [0.4, 0.5) is 17.6 Å². The molecule has 7 nitrogen and oxygen atoms in total. The van der Waals surface area contributed by atoms with Crippen LogP contribution in [0.1, 0.15) is 34.7 Å². The number of amides is 1. The summed E-state index contributed by atoms with van der Waals surface area (Å²) in [4.78, 5) is 12.7. The Hall–Kier alpha value is -3.63. The first-order valence-corrected chi connectivity index (χ1v) is 8.97. The van der Waals surface area contributed by atoms with Crippen molar-refractivity contribution in [2.45, 2.75) is 19.1 Å². The van der Waals surface area contributed by atoms with Gasteiger partial charge in [0.2, 0.25) is 0 Å². The number of carbonyl (C=O) groups excluding carboxylic acids is 1. The van der Waals surface area contributed by atoms with E-state index < -0.39 is 35.3 Å². The monoisotopic (exact) mass is 438 g/mol. The van der Waals surface area contributed by atoms with Gasteiger partial charge in [0.25, 0.3) is 5.91 Å². The van der Waals surface area contributed by atoms with E-state index >= 15 is 0 Å². The molecule has 164 valence electrons. The largest absolute Gasteiger partial charge is 0.497 e. The number of halogens is 4. The van der Waals surface area contributed by atoms with E-state index in [1.54, 1.807) is 25.1 Å². The molecule has 1 unspecified atom stereocenters. The number of methoxy groups -OCH3 is 2. The van der Waals surface area contributed by atoms with Crippen LogP contribution in [0.25, 0.3) is 5.69 Å². The number of rotatable bonds is 6. The van der Waals surface area contributed by atoms with E-state index in [1.807, 2.05) is 0 Å². The van der Waals surface area contributed by atoms with E-state index in [2.05, 4.69) is 15.6 Å². The van der Waals surface area contributed by atoms with Crippen molar-refractivity contribution in [3.63, 3.8) is 0 Å². The molecule has 0 aliphatic heterocycles. The average Bonchev–Trinajstić information content (AvgIpc) is 3.19. The number of nitrogens with one attached hydrogen (secondary N) is 1. The highest BCUT2D eigenvalue weighted by Crippen LogP contribution is 2.34. The van der Waals surface area contributed by atoms with E-state index in [1.165, 1.54) is 26.4 Å². The summed E-state index contributed by atoms with van der Waals surface area (Å²) in [6, 6.07) is 8.47. The molecule has 3 aromatic rings. The van der Waals surface area contributed by atoms with Crippen molar-refractivity contribution < 1.29 is 31.8 Å². The molecule has 3 rings (SSSR count). The lowest BCUT2D eigenvalue weighted by atomic mass is 10.1. The lowest BCUT2D eigenvalue weighted by Gasteiger charge is -2.18. The number of ether oxygens (including phenoxy) is 2. The second kappa shape index (κ2) is 8.62. The number of hydrogen-bond acceptors (Lipinski definition) is 5. The Balaban J connectivity index is 1.97. The Kier molecular flexibility index (Phi) is 6.14. The molecule has 1 aromatic heterocycles. The second-order valence-corrected chi connectivity index (χ2v) is 6.48. The molecule has 31 heavy (non-hydrogen) atoms. The van der Waals surface area contributed by atoms with E-state index in [-0.39, 0.29) is 5.69 Å². The molecule has 0 saturated carbocycles. The topological polar surface area (TPSA) is 78.3 Å². The molecular formula is C20H18F4N4O3. The Bertz CT molecular complexity index is 1100. The summed E-state index contributed by atoms with van der Waals surface area (Å²) in [7, 11) is 2.88. The minimum Gasteiger partial charge on any atom is -0.497 e. The van der Waals surface area contributed by atoms with Crippen LogP contribution in [-0.4, -0.2) is 35.1 Å². The molecule has 1 atom stereocenters. The van der Waals surface area contributed by atoms with Gasteiger partial charge in [-0.15, -0.1) is 5.10 Å². The predicted molar refractivity (Wildman–Crippen MR) is 102 cm³/mol. The first kappa shape index (κ1) is 22.1. The molecule has 1 amide bonds. The zero-order chi connectivity index (χ0) is 22.8. The summed E-state index contributed by atoms with van der Waals surface area (Å²) in [5, 5.41) is 9.31. The SMILES string of the molecule is COc1ccc(OC)c(C(C)NC(=O)c2nnn(-c3cccc(F)c3)c2C(F)(F)F)c1. The van der Waals surface area contributed by atoms with E-state index in [0.717, 1.165) is 12.1 Å². The van der Waals surface area contributed by atoms with Gasteiger partial charge in [0.1, 0.15) is 17.3 Å². The normalized spacial score (nSPS) is 12.4. The van der Waals surface area contributed by atoms with Gasteiger partial charge in [-0.05, 0) is 43.3 Å². The Morgan fingerprint density at radius 3 is 2.48 bits per heavy atom. The quantitative estimate of drug-likeness (QED) is 0.590. The molecule has 0 bridgehead atoms. The summed E-state index contributed by atoms with van der Waals surface area (Å²) < 4.78 is 65.5. The summed E-state index contributed by atoms with van der Waals surface area (Å²) in [6.45, 7) is 1.57. The Labute approximate surface area is 174 Å². The molecular weight excluding hydrogens is 420 g/mol. The van der Waals surface area contributed by atoms with Gasteiger partial charge in [0, 0.05) is 5.56 Å². The number of nitrogens with zero attached hydrogens (tertiary/aromatic N) is 3. The third kappa shape index (κ3) is 4.60. The number of carbonyl (C=O) groups is 1. The average molecular weight is 438 g/mol. The van der Waals surface area contributed by atoms with Crippen molar-refractivity contribution in [1.82, 2.24) is 20.3 Å². The van der Waals surface area contributed by atoms with Gasteiger partial charge in [-0.3, -0.25) is 4.79 Å². The second-order valence-electron chi connectivity index (χ2n) is 6.48. The lowest BCUT2D eigenvalue weighted by Crippen LogP contribution is -2.30. The van der Waals surface area contributed by atoms with Crippen LogP contribution in [0, 0.1) is 5.82 Å². The standard InChI is InChI=1S/C20H18F4N4O3/c1-11(15-10-14(30-2)7-8-16(15)31-3)25-19(29)17-18(20(22,23)24)28(27-26-17)13-6-4-5-12(21)9-13/h4-11H,1-3H3,(H,25,29). The van der Waals surface area contributed by atoms with E-state index in [9.17, 15) is 22.4 Å². The zero-order valence-electron chi connectivity index (χ0n) is 16.7. The third-order valence-electron chi connectivity index (χ3n) is 4.46. The lowest BCUT2D eigenvalue weighted by molar-refractivity contribution is -0.143. The number of alkyl halides is 3. The summed E-state index contributed by atoms with van der Waals surface area (Å²) in [5.74, 6) is -0.976. The molecule has 1 heterocycles. The summed E-state index contributed by atoms with van der Waals surface area (Å²) in [6.07, 6.45) is -4.97. The number of benzene rings is 2. The van der Waals surface area contributed by atoms with Gasteiger partial charge >= 0.3 is 6.18 Å². The first-order valence-electron chi connectivity index (χ1n) is 8.97. The fourth-order valence-electron chi connectivity index (χ4n) is 3.00. The maximum absolute atomic E-state index is 13.8. The van der Waals surface area contributed by atoms with Crippen molar-refractivity contribution in [1.29, 1.82) is 0 Å². The maximum Gasteiger partial charge on any atom is 0.435 e.